The molecule has 0 fully saturated rings. The fraction of sp³-hybridized carbons (Fsp3) is 0. The van der Waals surface area contributed by atoms with Gasteiger partial charge in [-0.25, -0.2) is 0 Å². The molecule has 3 heteroatoms. The molecule has 0 radical (unpaired) electrons. The van der Waals surface area contributed by atoms with E-state index in [9.17, 15) is 0 Å². The first-order valence-corrected chi connectivity index (χ1v) is 4.66. The van der Waals surface area contributed by atoms with Crippen molar-refractivity contribution in [2.75, 3.05) is 0 Å². The van der Waals surface area contributed by atoms with Gasteiger partial charge in [0, 0.05) is 11.8 Å². The average Bonchev–Trinajstić information content (AvgIpc) is 2.33. The number of hydrogen-bond donors (Lipinski definition) is 1. The van der Waals surface area contributed by atoms with Crippen molar-refractivity contribution < 1.29 is 0 Å². The van der Waals surface area contributed by atoms with Gasteiger partial charge < -0.3 is 5.84 Å². The maximum Gasteiger partial charge on any atom is 0.115 e. The number of hydrazone groups is 1. The van der Waals surface area contributed by atoms with Crippen LogP contribution in [0.5, 0.6) is 0 Å². The van der Waals surface area contributed by atoms with E-state index in [-0.39, 0.29) is 0 Å². The van der Waals surface area contributed by atoms with Crippen LogP contribution in [0.3, 0.4) is 0 Å². The number of hydrogen-bond acceptors (Lipinski definition) is 3. The second-order valence-corrected chi connectivity index (χ2v) is 3.06. The first-order chi connectivity index (χ1) is 7.42. The summed E-state index contributed by atoms with van der Waals surface area (Å²) in [7, 11) is 0. The minimum Gasteiger partial charge on any atom is -0.323 e. The van der Waals surface area contributed by atoms with Crippen molar-refractivity contribution in [2.24, 2.45) is 10.9 Å². The lowest BCUT2D eigenvalue weighted by atomic mass is 10.1. The van der Waals surface area contributed by atoms with Crippen LogP contribution in [0.25, 0.3) is 0 Å². The molecule has 1 aromatic heterocycles. The highest BCUT2D eigenvalue weighted by Crippen LogP contribution is 2.07. The number of rotatable bonds is 2. The van der Waals surface area contributed by atoms with Crippen LogP contribution in [0.4, 0.5) is 0 Å². The molecule has 1 heterocycles. The third kappa shape index (κ3) is 2.02. The number of benzene rings is 1. The third-order valence-electron chi connectivity index (χ3n) is 2.08. The molecule has 0 unspecified atom stereocenters. The van der Waals surface area contributed by atoms with Crippen molar-refractivity contribution in [3.05, 3.63) is 66.0 Å². The molecule has 0 aliphatic heterocycles. The predicted octanol–water partition coefficient (Wildman–Crippen LogP) is 1.79. The molecule has 0 amide bonds. The van der Waals surface area contributed by atoms with Crippen molar-refractivity contribution in [2.45, 2.75) is 0 Å². The first-order valence-electron chi connectivity index (χ1n) is 4.66. The first kappa shape index (κ1) is 9.40. The van der Waals surface area contributed by atoms with Gasteiger partial charge in [-0.05, 0) is 12.1 Å². The molecule has 3 nitrogen and oxygen atoms in total. The average molecular weight is 197 g/mol. The van der Waals surface area contributed by atoms with E-state index in [1.165, 1.54) is 0 Å². The lowest BCUT2D eigenvalue weighted by Crippen LogP contribution is -2.07. The quantitative estimate of drug-likeness (QED) is 0.453. The summed E-state index contributed by atoms with van der Waals surface area (Å²) in [5.41, 5.74) is 2.46. The lowest BCUT2D eigenvalue weighted by molar-refractivity contribution is 1.21. The van der Waals surface area contributed by atoms with Gasteiger partial charge in [0.25, 0.3) is 0 Å². The van der Waals surface area contributed by atoms with Crippen LogP contribution in [0.1, 0.15) is 11.3 Å². The highest BCUT2D eigenvalue weighted by molar-refractivity contribution is 6.11. The van der Waals surface area contributed by atoms with E-state index in [1.54, 1.807) is 6.20 Å². The van der Waals surface area contributed by atoms with E-state index >= 15 is 0 Å². The molecule has 15 heavy (non-hydrogen) atoms. The SMILES string of the molecule is N/N=C(/c1ccccc1)c1ccccn1. The molecule has 0 spiro atoms. The summed E-state index contributed by atoms with van der Waals surface area (Å²) in [6.07, 6.45) is 1.73. The zero-order valence-corrected chi connectivity index (χ0v) is 8.17. The Hall–Kier alpha value is -2.16. The minimum atomic E-state index is 0.705. The summed E-state index contributed by atoms with van der Waals surface area (Å²) >= 11 is 0. The third-order valence-corrected chi connectivity index (χ3v) is 2.08. The van der Waals surface area contributed by atoms with E-state index in [2.05, 4.69) is 10.1 Å². The van der Waals surface area contributed by atoms with Gasteiger partial charge in [-0.15, -0.1) is 0 Å². The van der Waals surface area contributed by atoms with E-state index in [0.717, 1.165) is 11.3 Å². The van der Waals surface area contributed by atoms with Crippen LogP contribution in [0.2, 0.25) is 0 Å². The normalized spacial score (nSPS) is 11.3. The Bertz CT molecular complexity index is 407. The van der Waals surface area contributed by atoms with Gasteiger partial charge in [-0.2, -0.15) is 5.10 Å². The summed E-state index contributed by atoms with van der Waals surface area (Å²) in [5, 5.41) is 3.78. The second-order valence-electron chi connectivity index (χ2n) is 3.06. The summed E-state index contributed by atoms with van der Waals surface area (Å²) in [4.78, 5) is 4.22. The molecular formula is C12H11N3. The van der Waals surface area contributed by atoms with Gasteiger partial charge in [0.05, 0.1) is 5.69 Å². The molecule has 2 rings (SSSR count). The molecule has 0 saturated carbocycles. The maximum absolute atomic E-state index is 5.38. The molecule has 74 valence electrons. The van der Waals surface area contributed by atoms with Gasteiger partial charge in [0.2, 0.25) is 0 Å². The Morgan fingerprint density at radius 1 is 1.00 bits per heavy atom. The Morgan fingerprint density at radius 2 is 1.73 bits per heavy atom. The van der Waals surface area contributed by atoms with Crippen molar-refractivity contribution in [3.63, 3.8) is 0 Å². The van der Waals surface area contributed by atoms with Gasteiger partial charge >= 0.3 is 0 Å². The molecular weight excluding hydrogens is 186 g/mol. The summed E-state index contributed by atoms with van der Waals surface area (Å²) in [6.45, 7) is 0. The Labute approximate surface area is 88.3 Å². The highest BCUT2D eigenvalue weighted by Gasteiger charge is 2.06. The topological polar surface area (TPSA) is 51.3 Å². The molecule has 0 aliphatic rings. The fourth-order valence-electron chi connectivity index (χ4n) is 1.39. The van der Waals surface area contributed by atoms with Crippen molar-refractivity contribution in [3.8, 4) is 0 Å². The highest BCUT2D eigenvalue weighted by atomic mass is 15.1. The molecule has 0 bridgehead atoms. The van der Waals surface area contributed by atoms with E-state index < -0.39 is 0 Å². The van der Waals surface area contributed by atoms with Crippen LogP contribution in [-0.2, 0) is 0 Å². The number of nitrogens with two attached hydrogens (primary N) is 1. The van der Waals surface area contributed by atoms with Crippen molar-refractivity contribution in [1.29, 1.82) is 0 Å². The minimum absolute atomic E-state index is 0.705. The summed E-state index contributed by atoms with van der Waals surface area (Å²) in [6, 6.07) is 15.4. The smallest absolute Gasteiger partial charge is 0.115 e. The largest absolute Gasteiger partial charge is 0.323 e. The molecule has 0 atom stereocenters. The van der Waals surface area contributed by atoms with Crippen LogP contribution >= 0.6 is 0 Å². The fourth-order valence-corrected chi connectivity index (χ4v) is 1.39. The molecule has 0 saturated heterocycles. The van der Waals surface area contributed by atoms with E-state index in [4.69, 9.17) is 5.84 Å². The predicted molar refractivity (Wildman–Crippen MR) is 60.5 cm³/mol. The monoisotopic (exact) mass is 197 g/mol. The zero-order valence-electron chi connectivity index (χ0n) is 8.17. The van der Waals surface area contributed by atoms with Gasteiger partial charge in [-0.1, -0.05) is 36.4 Å². The Morgan fingerprint density at radius 3 is 2.33 bits per heavy atom. The number of nitrogens with zero attached hydrogens (tertiary/aromatic N) is 2. The van der Waals surface area contributed by atoms with Crippen LogP contribution in [0.15, 0.2) is 59.8 Å². The second kappa shape index (κ2) is 4.37. The van der Waals surface area contributed by atoms with Gasteiger partial charge in [0.15, 0.2) is 0 Å². The van der Waals surface area contributed by atoms with E-state index in [1.807, 2.05) is 48.5 Å². The van der Waals surface area contributed by atoms with Crippen LogP contribution in [0, 0.1) is 0 Å². The van der Waals surface area contributed by atoms with E-state index in [0.29, 0.717) is 5.71 Å². The Balaban J connectivity index is 2.44. The maximum atomic E-state index is 5.38. The number of pyridine rings is 1. The zero-order chi connectivity index (χ0) is 10.5. The summed E-state index contributed by atoms with van der Waals surface area (Å²) < 4.78 is 0. The van der Waals surface area contributed by atoms with Crippen molar-refractivity contribution in [1.82, 2.24) is 4.98 Å². The number of aromatic nitrogens is 1. The summed E-state index contributed by atoms with van der Waals surface area (Å²) in [5.74, 6) is 5.38. The molecule has 1 aromatic carbocycles. The van der Waals surface area contributed by atoms with Crippen LogP contribution < -0.4 is 5.84 Å². The van der Waals surface area contributed by atoms with Gasteiger partial charge in [-0.3, -0.25) is 4.98 Å². The van der Waals surface area contributed by atoms with Gasteiger partial charge in [0.1, 0.15) is 5.71 Å². The Kier molecular flexibility index (Phi) is 2.74. The molecule has 2 aromatic rings. The molecule has 2 N–H and O–H groups in total. The van der Waals surface area contributed by atoms with Crippen molar-refractivity contribution >= 4 is 5.71 Å². The molecule has 0 aliphatic carbocycles. The van der Waals surface area contributed by atoms with Crippen LogP contribution in [-0.4, -0.2) is 10.7 Å². The standard InChI is InChI=1S/C12H11N3/c13-15-12(10-6-2-1-3-7-10)11-8-4-5-9-14-11/h1-9H,13H2/b15-12-. The lowest BCUT2D eigenvalue weighted by Gasteiger charge is -2.03.